The lowest BCUT2D eigenvalue weighted by Gasteiger charge is -2.14. The Kier molecular flexibility index (Phi) is 4.62. The van der Waals surface area contributed by atoms with E-state index in [9.17, 15) is 9.90 Å². The molecule has 2 aromatic rings. The summed E-state index contributed by atoms with van der Waals surface area (Å²) in [5.41, 5.74) is 7.16. The lowest BCUT2D eigenvalue weighted by Crippen LogP contribution is -2.38. The van der Waals surface area contributed by atoms with Crippen LogP contribution in [0.3, 0.4) is 0 Å². The van der Waals surface area contributed by atoms with E-state index in [1.807, 2.05) is 30.3 Å². The molecule has 1 heterocycles. The minimum Gasteiger partial charge on any atom is -0.480 e. The molecule has 0 aliphatic rings. The lowest BCUT2D eigenvalue weighted by molar-refractivity contribution is -0.139. The molecule has 0 unspecified atom stereocenters. The third-order valence-corrected chi connectivity index (χ3v) is 2.86. The molecule has 1 aromatic heterocycles. The fraction of sp³-hybridized carbons (Fsp3) is 0.214. The molecule has 0 amide bonds. The van der Waals surface area contributed by atoms with Gasteiger partial charge in [-0.2, -0.15) is 0 Å². The Labute approximate surface area is 116 Å². The number of carboxylic acid groups (broad SMARTS) is 1. The number of carboxylic acids is 1. The zero-order valence-corrected chi connectivity index (χ0v) is 10.9. The first-order valence-electron chi connectivity index (χ1n) is 6.21. The number of carbonyl (C=O) groups is 1. The molecule has 0 aliphatic carbocycles. The van der Waals surface area contributed by atoms with Crippen LogP contribution in [0.1, 0.15) is 11.1 Å². The van der Waals surface area contributed by atoms with Gasteiger partial charge < -0.3 is 10.8 Å². The van der Waals surface area contributed by atoms with E-state index in [0.29, 0.717) is 13.0 Å². The first-order valence-corrected chi connectivity index (χ1v) is 6.21. The third-order valence-electron chi connectivity index (χ3n) is 2.86. The van der Waals surface area contributed by atoms with E-state index < -0.39 is 12.0 Å². The van der Waals surface area contributed by atoms with Gasteiger partial charge >= 0.3 is 5.97 Å². The van der Waals surface area contributed by atoms with Gasteiger partial charge in [0.05, 0.1) is 0 Å². The van der Waals surface area contributed by atoms with Crippen molar-refractivity contribution in [2.45, 2.75) is 19.0 Å². The minimum absolute atomic E-state index is 0.202. The Hall–Kier alpha value is -2.47. The summed E-state index contributed by atoms with van der Waals surface area (Å²) in [5, 5.41) is 12.2. The van der Waals surface area contributed by atoms with Gasteiger partial charge in [0.1, 0.15) is 6.04 Å². The van der Waals surface area contributed by atoms with E-state index in [0.717, 1.165) is 11.1 Å². The number of nitrogens with one attached hydrogen (secondary N) is 1. The SMILES string of the molecule is Nc1ncc(CN[C@@H](Cc2ccccc2)C(=O)O)cn1. The maximum Gasteiger partial charge on any atom is 0.321 e. The molecular formula is C14H16N4O2. The number of rotatable bonds is 6. The van der Waals surface area contributed by atoms with Gasteiger partial charge in [0, 0.05) is 24.5 Å². The van der Waals surface area contributed by atoms with Crippen molar-refractivity contribution in [3.63, 3.8) is 0 Å². The van der Waals surface area contributed by atoms with Gasteiger partial charge in [-0.15, -0.1) is 0 Å². The van der Waals surface area contributed by atoms with E-state index >= 15 is 0 Å². The predicted octanol–water partition coefficient (Wildman–Crippen LogP) is 0.844. The molecule has 0 spiro atoms. The normalized spacial score (nSPS) is 12.0. The molecule has 1 aromatic carbocycles. The highest BCUT2D eigenvalue weighted by Crippen LogP contribution is 2.05. The van der Waals surface area contributed by atoms with Gasteiger partial charge in [0.15, 0.2) is 0 Å². The third kappa shape index (κ3) is 4.03. The Morgan fingerprint density at radius 1 is 1.20 bits per heavy atom. The number of benzene rings is 1. The highest BCUT2D eigenvalue weighted by molar-refractivity contribution is 5.73. The zero-order chi connectivity index (χ0) is 14.4. The molecule has 6 heteroatoms. The quantitative estimate of drug-likeness (QED) is 0.720. The number of anilines is 1. The maximum absolute atomic E-state index is 11.3. The van der Waals surface area contributed by atoms with Gasteiger partial charge in [-0.3, -0.25) is 10.1 Å². The van der Waals surface area contributed by atoms with Crippen molar-refractivity contribution in [3.05, 3.63) is 53.9 Å². The van der Waals surface area contributed by atoms with Crippen molar-refractivity contribution in [1.82, 2.24) is 15.3 Å². The summed E-state index contributed by atoms with van der Waals surface area (Å²) in [5.74, 6) is -0.682. The summed E-state index contributed by atoms with van der Waals surface area (Å²) in [7, 11) is 0. The summed E-state index contributed by atoms with van der Waals surface area (Å²) in [4.78, 5) is 19.0. The van der Waals surface area contributed by atoms with Crippen LogP contribution in [0.2, 0.25) is 0 Å². The van der Waals surface area contributed by atoms with Crippen LogP contribution >= 0.6 is 0 Å². The number of hydrogen-bond acceptors (Lipinski definition) is 5. The molecular weight excluding hydrogens is 256 g/mol. The van der Waals surface area contributed by atoms with Crippen LogP contribution < -0.4 is 11.1 Å². The van der Waals surface area contributed by atoms with Gasteiger partial charge in [0.25, 0.3) is 0 Å². The van der Waals surface area contributed by atoms with Crippen LogP contribution in [0.4, 0.5) is 5.95 Å². The molecule has 0 radical (unpaired) electrons. The van der Waals surface area contributed by atoms with Gasteiger partial charge in [0.2, 0.25) is 5.95 Å². The molecule has 1 atom stereocenters. The van der Waals surface area contributed by atoms with Crippen LogP contribution in [0.5, 0.6) is 0 Å². The Morgan fingerprint density at radius 2 is 1.85 bits per heavy atom. The molecule has 0 fully saturated rings. The number of nitrogens with two attached hydrogens (primary N) is 1. The summed E-state index contributed by atoms with van der Waals surface area (Å²) < 4.78 is 0. The summed E-state index contributed by atoms with van der Waals surface area (Å²) in [6, 6.07) is 8.84. The zero-order valence-electron chi connectivity index (χ0n) is 10.9. The summed E-state index contributed by atoms with van der Waals surface area (Å²) in [6.45, 7) is 0.379. The van der Waals surface area contributed by atoms with E-state index in [2.05, 4.69) is 15.3 Å². The van der Waals surface area contributed by atoms with Crippen LogP contribution in [0.15, 0.2) is 42.7 Å². The van der Waals surface area contributed by atoms with Crippen LogP contribution in [0.25, 0.3) is 0 Å². The topological polar surface area (TPSA) is 101 Å². The van der Waals surface area contributed by atoms with Crippen molar-refractivity contribution < 1.29 is 9.90 Å². The smallest absolute Gasteiger partial charge is 0.321 e. The average molecular weight is 272 g/mol. The Bertz CT molecular complexity index is 557. The largest absolute Gasteiger partial charge is 0.480 e. The second kappa shape index (κ2) is 6.63. The number of aliphatic carboxylic acids is 1. The van der Waals surface area contributed by atoms with E-state index in [1.165, 1.54) is 0 Å². The van der Waals surface area contributed by atoms with Crippen molar-refractivity contribution in [2.24, 2.45) is 0 Å². The Morgan fingerprint density at radius 3 is 2.45 bits per heavy atom. The van der Waals surface area contributed by atoms with Crippen molar-refractivity contribution in [1.29, 1.82) is 0 Å². The molecule has 6 nitrogen and oxygen atoms in total. The minimum atomic E-state index is -0.884. The van der Waals surface area contributed by atoms with Crippen LogP contribution in [-0.4, -0.2) is 27.1 Å². The lowest BCUT2D eigenvalue weighted by atomic mass is 10.1. The first-order chi connectivity index (χ1) is 9.65. The highest BCUT2D eigenvalue weighted by Gasteiger charge is 2.17. The maximum atomic E-state index is 11.3. The molecule has 0 saturated carbocycles. The van der Waals surface area contributed by atoms with E-state index in [1.54, 1.807) is 12.4 Å². The van der Waals surface area contributed by atoms with Crippen LogP contribution in [0, 0.1) is 0 Å². The molecule has 0 bridgehead atoms. The van der Waals surface area contributed by atoms with Gasteiger partial charge in [-0.05, 0) is 12.0 Å². The number of aromatic nitrogens is 2. The fourth-order valence-corrected chi connectivity index (χ4v) is 1.79. The van der Waals surface area contributed by atoms with E-state index in [-0.39, 0.29) is 5.95 Å². The Balaban J connectivity index is 1.96. The average Bonchev–Trinajstić information content (AvgIpc) is 2.46. The molecule has 0 saturated heterocycles. The summed E-state index contributed by atoms with van der Waals surface area (Å²) >= 11 is 0. The van der Waals surface area contributed by atoms with Crippen molar-refractivity contribution >= 4 is 11.9 Å². The standard InChI is InChI=1S/C14H16N4O2/c15-14-17-8-11(9-18-14)7-16-12(13(19)20)6-10-4-2-1-3-5-10/h1-5,8-9,12,16H,6-7H2,(H,19,20)(H2,15,17,18)/t12-/m0/s1. The first kappa shape index (κ1) is 14.0. The molecule has 104 valence electrons. The number of nitrogens with zero attached hydrogens (tertiary/aromatic N) is 2. The van der Waals surface area contributed by atoms with Gasteiger partial charge in [-0.25, -0.2) is 9.97 Å². The molecule has 20 heavy (non-hydrogen) atoms. The van der Waals surface area contributed by atoms with E-state index in [4.69, 9.17) is 5.73 Å². The molecule has 4 N–H and O–H groups in total. The molecule has 0 aliphatic heterocycles. The molecule has 2 rings (SSSR count). The van der Waals surface area contributed by atoms with Crippen molar-refractivity contribution in [2.75, 3.05) is 5.73 Å². The monoisotopic (exact) mass is 272 g/mol. The fourth-order valence-electron chi connectivity index (χ4n) is 1.79. The van der Waals surface area contributed by atoms with Crippen LogP contribution in [-0.2, 0) is 17.8 Å². The van der Waals surface area contributed by atoms with Gasteiger partial charge in [-0.1, -0.05) is 30.3 Å². The highest BCUT2D eigenvalue weighted by atomic mass is 16.4. The van der Waals surface area contributed by atoms with Crippen molar-refractivity contribution in [3.8, 4) is 0 Å². The number of hydrogen-bond donors (Lipinski definition) is 3. The second-order valence-electron chi connectivity index (χ2n) is 4.41. The number of nitrogen functional groups attached to an aromatic ring is 1. The second-order valence-corrected chi connectivity index (χ2v) is 4.41. The predicted molar refractivity (Wildman–Crippen MR) is 74.9 cm³/mol. The summed E-state index contributed by atoms with van der Waals surface area (Å²) in [6.07, 6.45) is 3.58.